The second-order valence-corrected chi connectivity index (χ2v) is 4.80. The molecule has 0 aliphatic carbocycles. The molecule has 104 valence electrons. The Balaban J connectivity index is 1.83. The molecular formula is C14H22N4O. The number of aromatic nitrogens is 1. The monoisotopic (exact) mass is 262 g/mol. The van der Waals surface area contributed by atoms with E-state index in [2.05, 4.69) is 22.5 Å². The van der Waals surface area contributed by atoms with Crippen molar-refractivity contribution in [3.63, 3.8) is 0 Å². The van der Waals surface area contributed by atoms with Crippen LogP contribution < -0.4 is 10.6 Å². The summed E-state index contributed by atoms with van der Waals surface area (Å²) in [5.41, 5.74) is 0.932. The SMILES string of the molecule is CCCNc1cc(NCC(=O)N2CCCC2)ccn1. The van der Waals surface area contributed by atoms with Gasteiger partial charge in [0.15, 0.2) is 0 Å². The van der Waals surface area contributed by atoms with Crippen LogP contribution in [0.3, 0.4) is 0 Å². The largest absolute Gasteiger partial charge is 0.376 e. The average Bonchev–Trinajstić information content (AvgIpc) is 2.97. The van der Waals surface area contributed by atoms with Crippen LogP contribution in [0.4, 0.5) is 11.5 Å². The van der Waals surface area contributed by atoms with Crippen LogP contribution >= 0.6 is 0 Å². The number of carbonyl (C=O) groups is 1. The van der Waals surface area contributed by atoms with Crippen molar-refractivity contribution in [2.45, 2.75) is 26.2 Å². The van der Waals surface area contributed by atoms with Crippen LogP contribution in [-0.2, 0) is 4.79 Å². The van der Waals surface area contributed by atoms with Gasteiger partial charge in [-0.05, 0) is 25.3 Å². The molecule has 1 saturated heterocycles. The van der Waals surface area contributed by atoms with Crippen LogP contribution in [0.1, 0.15) is 26.2 Å². The lowest BCUT2D eigenvalue weighted by molar-refractivity contribution is -0.128. The van der Waals surface area contributed by atoms with E-state index in [1.165, 1.54) is 0 Å². The topological polar surface area (TPSA) is 57.3 Å². The fourth-order valence-corrected chi connectivity index (χ4v) is 2.15. The molecular weight excluding hydrogens is 240 g/mol. The third-order valence-corrected chi connectivity index (χ3v) is 3.22. The summed E-state index contributed by atoms with van der Waals surface area (Å²) in [6, 6.07) is 3.82. The first-order valence-corrected chi connectivity index (χ1v) is 7.01. The van der Waals surface area contributed by atoms with Gasteiger partial charge in [0.2, 0.25) is 5.91 Å². The van der Waals surface area contributed by atoms with Crippen molar-refractivity contribution in [1.29, 1.82) is 0 Å². The number of amides is 1. The van der Waals surface area contributed by atoms with E-state index in [1.54, 1.807) is 6.20 Å². The van der Waals surface area contributed by atoms with E-state index in [0.29, 0.717) is 6.54 Å². The summed E-state index contributed by atoms with van der Waals surface area (Å²) in [7, 11) is 0. The number of rotatable bonds is 6. The van der Waals surface area contributed by atoms with Crippen LogP contribution in [0.5, 0.6) is 0 Å². The van der Waals surface area contributed by atoms with Crippen molar-refractivity contribution in [2.75, 3.05) is 36.8 Å². The van der Waals surface area contributed by atoms with Gasteiger partial charge in [0, 0.05) is 37.6 Å². The predicted octanol–water partition coefficient (Wildman–Crippen LogP) is 1.94. The molecule has 1 fully saturated rings. The van der Waals surface area contributed by atoms with Gasteiger partial charge in [-0.25, -0.2) is 4.98 Å². The van der Waals surface area contributed by atoms with Gasteiger partial charge >= 0.3 is 0 Å². The zero-order valence-electron chi connectivity index (χ0n) is 11.5. The third kappa shape index (κ3) is 4.12. The molecule has 5 nitrogen and oxygen atoms in total. The summed E-state index contributed by atoms with van der Waals surface area (Å²) in [6.07, 6.45) is 5.08. The highest BCUT2D eigenvalue weighted by Gasteiger charge is 2.17. The van der Waals surface area contributed by atoms with Crippen LogP contribution in [0.2, 0.25) is 0 Å². The van der Waals surface area contributed by atoms with E-state index in [9.17, 15) is 4.79 Å². The first-order chi connectivity index (χ1) is 9.29. The van der Waals surface area contributed by atoms with Crippen LogP contribution in [0, 0.1) is 0 Å². The molecule has 5 heteroatoms. The molecule has 0 spiro atoms. The van der Waals surface area contributed by atoms with E-state index in [1.807, 2.05) is 17.0 Å². The van der Waals surface area contributed by atoms with Gasteiger partial charge in [0.1, 0.15) is 5.82 Å². The van der Waals surface area contributed by atoms with Crippen molar-refractivity contribution in [3.8, 4) is 0 Å². The van der Waals surface area contributed by atoms with Crippen LogP contribution in [0.25, 0.3) is 0 Å². The molecule has 1 aromatic rings. The Morgan fingerprint density at radius 1 is 1.37 bits per heavy atom. The standard InChI is InChI=1S/C14H22N4O/c1-2-6-15-13-10-12(5-7-16-13)17-11-14(19)18-8-3-4-9-18/h5,7,10H,2-4,6,8-9,11H2,1H3,(H2,15,16,17). The van der Waals surface area contributed by atoms with Gasteiger partial charge in [-0.1, -0.05) is 6.92 Å². The van der Waals surface area contributed by atoms with Crippen molar-refractivity contribution in [3.05, 3.63) is 18.3 Å². The summed E-state index contributed by atoms with van der Waals surface area (Å²) < 4.78 is 0. The normalized spacial score (nSPS) is 14.5. The molecule has 1 aromatic heterocycles. The second-order valence-electron chi connectivity index (χ2n) is 4.80. The molecule has 2 heterocycles. The maximum absolute atomic E-state index is 11.9. The zero-order chi connectivity index (χ0) is 13.5. The lowest BCUT2D eigenvalue weighted by Crippen LogP contribution is -2.32. The molecule has 0 bridgehead atoms. The Labute approximate surface area is 114 Å². The van der Waals surface area contributed by atoms with Crippen molar-refractivity contribution in [2.24, 2.45) is 0 Å². The number of hydrogen-bond donors (Lipinski definition) is 2. The summed E-state index contributed by atoms with van der Waals surface area (Å²) in [4.78, 5) is 18.1. The molecule has 19 heavy (non-hydrogen) atoms. The van der Waals surface area contributed by atoms with Gasteiger partial charge < -0.3 is 15.5 Å². The van der Waals surface area contributed by atoms with E-state index in [0.717, 1.165) is 50.4 Å². The van der Waals surface area contributed by atoms with Crippen molar-refractivity contribution in [1.82, 2.24) is 9.88 Å². The zero-order valence-corrected chi connectivity index (χ0v) is 11.5. The summed E-state index contributed by atoms with van der Waals surface area (Å²) in [6.45, 7) is 5.19. The summed E-state index contributed by atoms with van der Waals surface area (Å²) >= 11 is 0. The van der Waals surface area contributed by atoms with Gasteiger partial charge in [-0.2, -0.15) is 0 Å². The minimum atomic E-state index is 0.178. The number of likely N-dealkylation sites (tertiary alicyclic amines) is 1. The molecule has 1 aliphatic heterocycles. The van der Waals surface area contributed by atoms with E-state index in [4.69, 9.17) is 0 Å². The fraction of sp³-hybridized carbons (Fsp3) is 0.571. The maximum Gasteiger partial charge on any atom is 0.241 e. The Bertz CT molecular complexity index is 416. The third-order valence-electron chi connectivity index (χ3n) is 3.22. The Kier molecular flexibility index (Phi) is 5.01. The number of nitrogens with one attached hydrogen (secondary N) is 2. The number of carbonyl (C=O) groups excluding carboxylic acids is 1. The molecule has 2 rings (SSSR count). The first kappa shape index (κ1) is 13.6. The number of pyridine rings is 1. The molecule has 2 N–H and O–H groups in total. The smallest absolute Gasteiger partial charge is 0.241 e. The molecule has 1 amide bonds. The van der Waals surface area contributed by atoms with E-state index in [-0.39, 0.29) is 5.91 Å². The molecule has 0 unspecified atom stereocenters. The van der Waals surface area contributed by atoms with Crippen LogP contribution in [0.15, 0.2) is 18.3 Å². The quantitative estimate of drug-likeness (QED) is 0.822. The lowest BCUT2D eigenvalue weighted by Gasteiger charge is -2.16. The first-order valence-electron chi connectivity index (χ1n) is 7.01. The molecule has 0 radical (unpaired) electrons. The highest BCUT2D eigenvalue weighted by atomic mass is 16.2. The maximum atomic E-state index is 11.9. The number of anilines is 2. The molecule has 1 aliphatic rings. The fourth-order valence-electron chi connectivity index (χ4n) is 2.15. The highest BCUT2D eigenvalue weighted by Crippen LogP contribution is 2.12. The molecule has 0 atom stereocenters. The number of hydrogen-bond acceptors (Lipinski definition) is 4. The average molecular weight is 262 g/mol. The summed E-state index contributed by atoms with van der Waals surface area (Å²) in [5.74, 6) is 1.03. The van der Waals surface area contributed by atoms with Crippen molar-refractivity contribution >= 4 is 17.4 Å². The van der Waals surface area contributed by atoms with Gasteiger partial charge in [-0.15, -0.1) is 0 Å². The Morgan fingerprint density at radius 3 is 2.89 bits per heavy atom. The Hall–Kier alpha value is -1.78. The highest BCUT2D eigenvalue weighted by molar-refractivity contribution is 5.81. The predicted molar refractivity (Wildman–Crippen MR) is 77.3 cm³/mol. The molecule has 0 saturated carbocycles. The van der Waals surface area contributed by atoms with Crippen LogP contribution in [-0.4, -0.2) is 42.0 Å². The van der Waals surface area contributed by atoms with E-state index < -0.39 is 0 Å². The van der Waals surface area contributed by atoms with E-state index >= 15 is 0 Å². The second kappa shape index (κ2) is 6.97. The minimum Gasteiger partial charge on any atom is -0.376 e. The van der Waals surface area contributed by atoms with Crippen molar-refractivity contribution < 1.29 is 4.79 Å². The summed E-state index contributed by atoms with van der Waals surface area (Å²) in [5, 5.41) is 6.40. The minimum absolute atomic E-state index is 0.178. The van der Waals surface area contributed by atoms with Gasteiger partial charge in [0.25, 0.3) is 0 Å². The number of nitrogens with zero attached hydrogens (tertiary/aromatic N) is 2. The van der Waals surface area contributed by atoms with Gasteiger partial charge in [0.05, 0.1) is 6.54 Å². The van der Waals surface area contributed by atoms with Gasteiger partial charge in [-0.3, -0.25) is 4.79 Å². The lowest BCUT2D eigenvalue weighted by atomic mass is 10.3. The molecule has 0 aromatic carbocycles. The Morgan fingerprint density at radius 2 is 2.16 bits per heavy atom.